The van der Waals surface area contributed by atoms with Gasteiger partial charge in [0.2, 0.25) is 0 Å². The topological polar surface area (TPSA) is 107 Å². The predicted octanol–water partition coefficient (Wildman–Crippen LogP) is 4.84. The summed E-state index contributed by atoms with van der Waals surface area (Å²) >= 11 is 0. The summed E-state index contributed by atoms with van der Waals surface area (Å²) in [6, 6.07) is 20.5. The Morgan fingerprint density at radius 1 is 1.00 bits per heavy atom. The van der Waals surface area contributed by atoms with Gasteiger partial charge < -0.3 is 11.1 Å². The molecule has 1 heterocycles. The normalized spacial score (nSPS) is 11.1. The highest BCUT2D eigenvalue weighted by atomic mass is 32.2. The number of rotatable bonds is 6. The van der Waals surface area contributed by atoms with Crippen LogP contribution in [0.5, 0.6) is 0 Å². The SMILES string of the molecule is CC(C)=CN=CN.O=C(NCc1ccc(F)cc1)c1ccc(S(=O)(=O)n2ccc3ccccc32)cc1. The van der Waals surface area contributed by atoms with Crippen LogP contribution in [0, 0.1) is 5.82 Å². The number of carbonyl (C=O) groups excluding carboxylic acids is 1. The van der Waals surface area contributed by atoms with Crippen LogP contribution in [0.15, 0.2) is 107 Å². The molecule has 36 heavy (non-hydrogen) atoms. The van der Waals surface area contributed by atoms with Crippen LogP contribution in [0.1, 0.15) is 29.8 Å². The van der Waals surface area contributed by atoms with Crippen molar-refractivity contribution >= 4 is 33.2 Å². The molecular weight excluding hydrogens is 479 g/mol. The molecule has 0 atom stereocenters. The molecule has 4 aromatic rings. The van der Waals surface area contributed by atoms with Gasteiger partial charge in [-0.2, -0.15) is 0 Å². The zero-order valence-electron chi connectivity index (χ0n) is 19.9. The smallest absolute Gasteiger partial charge is 0.268 e. The molecule has 9 heteroatoms. The number of aromatic nitrogens is 1. The number of hydrogen-bond acceptors (Lipinski definition) is 4. The first-order valence-electron chi connectivity index (χ1n) is 11.0. The van der Waals surface area contributed by atoms with Crippen molar-refractivity contribution in [3.8, 4) is 0 Å². The molecule has 0 saturated heterocycles. The Morgan fingerprint density at radius 3 is 2.28 bits per heavy atom. The minimum absolute atomic E-state index is 0.0916. The summed E-state index contributed by atoms with van der Waals surface area (Å²) in [6.07, 6.45) is 4.50. The van der Waals surface area contributed by atoms with Crippen LogP contribution in [-0.2, 0) is 16.6 Å². The molecule has 0 bridgehead atoms. The van der Waals surface area contributed by atoms with Crippen LogP contribution in [-0.4, -0.2) is 24.6 Å². The van der Waals surface area contributed by atoms with Crippen LogP contribution >= 0.6 is 0 Å². The van der Waals surface area contributed by atoms with Crippen LogP contribution in [0.4, 0.5) is 4.39 Å². The molecule has 7 nitrogen and oxygen atoms in total. The summed E-state index contributed by atoms with van der Waals surface area (Å²) in [4.78, 5) is 16.1. The molecular formula is C27H27FN4O3S. The fourth-order valence-electron chi connectivity index (χ4n) is 3.24. The fourth-order valence-corrected chi connectivity index (χ4v) is 4.59. The molecule has 0 fully saturated rings. The summed E-state index contributed by atoms with van der Waals surface area (Å²) in [6.45, 7) is 4.18. The molecule has 0 radical (unpaired) electrons. The van der Waals surface area contributed by atoms with Crippen molar-refractivity contribution in [3.05, 3.63) is 114 Å². The number of nitrogens with two attached hydrogens (primary N) is 1. The van der Waals surface area contributed by atoms with E-state index in [-0.39, 0.29) is 23.2 Å². The van der Waals surface area contributed by atoms with Gasteiger partial charge in [-0.05, 0) is 67.9 Å². The van der Waals surface area contributed by atoms with E-state index < -0.39 is 10.0 Å². The second-order valence-electron chi connectivity index (χ2n) is 8.01. The number of aliphatic imine (C=N–C) groups is 1. The Balaban J connectivity index is 0.000000454. The van der Waals surface area contributed by atoms with Gasteiger partial charge in [0.15, 0.2) is 0 Å². The highest BCUT2D eigenvalue weighted by Crippen LogP contribution is 2.22. The summed E-state index contributed by atoms with van der Waals surface area (Å²) in [5.74, 6) is -0.683. The van der Waals surface area contributed by atoms with E-state index in [2.05, 4.69) is 10.3 Å². The number of fused-ring (bicyclic) bond motifs is 1. The Morgan fingerprint density at radius 2 is 1.67 bits per heavy atom. The van der Waals surface area contributed by atoms with E-state index in [0.717, 1.165) is 16.5 Å². The number of nitrogens with zero attached hydrogens (tertiary/aromatic N) is 2. The van der Waals surface area contributed by atoms with E-state index in [1.807, 2.05) is 26.0 Å². The Bertz CT molecular complexity index is 1490. The first kappa shape index (κ1) is 26.4. The molecule has 0 aliphatic heterocycles. The maximum absolute atomic E-state index is 13.0. The third-order valence-corrected chi connectivity index (χ3v) is 6.73. The zero-order chi connectivity index (χ0) is 26.1. The molecule has 3 N–H and O–H groups in total. The first-order chi connectivity index (χ1) is 17.2. The minimum Gasteiger partial charge on any atom is -0.390 e. The maximum atomic E-state index is 13.0. The molecule has 1 amide bonds. The molecule has 3 aromatic carbocycles. The number of allylic oxidation sites excluding steroid dienone is 1. The number of para-hydroxylation sites is 1. The van der Waals surface area contributed by atoms with E-state index in [9.17, 15) is 17.6 Å². The Labute approximate surface area is 209 Å². The van der Waals surface area contributed by atoms with Crippen molar-refractivity contribution < 1.29 is 17.6 Å². The van der Waals surface area contributed by atoms with E-state index in [4.69, 9.17) is 5.73 Å². The Kier molecular flexibility index (Phi) is 8.75. The molecule has 186 valence electrons. The quantitative estimate of drug-likeness (QED) is 0.288. The van der Waals surface area contributed by atoms with Crippen LogP contribution in [0.3, 0.4) is 0 Å². The standard InChI is InChI=1S/C22H17FN2O3S.C5H10N2/c23-19-9-5-16(6-10-19)15-24-22(26)18-7-11-20(12-8-18)29(27,28)25-14-13-17-3-1-2-4-21(17)25;1-5(2)3-7-4-6/h1-14H,15H2,(H,24,26);3-4H,1-2H3,(H2,6,7). The summed E-state index contributed by atoms with van der Waals surface area (Å²) in [5, 5.41) is 3.56. The second kappa shape index (κ2) is 11.9. The molecule has 0 unspecified atom stereocenters. The number of amides is 1. The number of carbonyl (C=O) groups is 1. The van der Waals surface area contributed by atoms with Crippen molar-refractivity contribution in [2.45, 2.75) is 25.3 Å². The van der Waals surface area contributed by atoms with Gasteiger partial charge in [-0.3, -0.25) is 4.79 Å². The van der Waals surface area contributed by atoms with E-state index in [0.29, 0.717) is 11.1 Å². The van der Waals surface area contributed by atoms with Gasteiger partial charge in [0.05, 0.1) is 16.8 Å². The average Bonchev–Trinajstić information content (AvgIpc) is 3.32. The van der Waals surface area contributed by atoms with Crippen LogP contribution < -0.4 is 11.1 Å². The van der Waals surface area contributed by atoms with Crippen molar-refractivity contribution in [1.82, 2.24) is 9.29 Å². The average molecular weight is 507 g/mol. The lowest BCUT2D eigenvalue weighted by atomic mass is 10.2. The van der Waals surface area contributed by atoms with E-state index >= 15 is 0 Å². The van der Waals surface area contributed by atoms with Gasteiger partial charge in [-0.25, -0.2) is 21.8 Å². The van der Waals surface area contributed by atoms with Crippen LogP contribution in [0.2, 0.25) is 0 Å². The van der Waals surface area contributed by atoms with Crippen LogP contribution in [0.25, 0.3) is 10.9 Å². The maximum Gasteiger partial charge on any atom is 0.268 e. The van der Waals surface area contributed by atoms with E-state index in [1.165, 1.54) is 52.9 Å². The van der Waals surface area contributed by atoms with E-state index in [1.54, 1.807) is 36.5 Å². The third kappa shape index (κ3) is 6.67. The molecule has 0 aliphatic carbocycles. The summed E-state index contributed by atoms with van der Waals surface area (Å²) < 4.78 is 40.1. The zero-order valence-corrected chi connectivity index (χ0v) is 20.7. The number of nitrogens with one attached hydrogen (secondary N) is 1. The lowest BCUT2D eigenvalue weighted by Gasteiger charge is -2.09. The molecule has 1 aromatic heterocycles. The van der Waals surface area contributed by atoms with Crippen molar-refractivity contribution in [2.75, 3.05) is 0 Å². The van der Waals surface area contributed by atoms with Crippen molar-refractivity contribution in [2.24, 2.45) is 10.7 Å². The third-order valence-electron chi connectivity index (χ3n) is 5.02. The van der Waals surface area contributed by atoms with Gasteiger partial charge in [-0.15, -0.1) is 0 Å². The largest absolute Gasteiger partial charge is 0.390 e. The number of halogens is 1. The summed E-state index contributed by atoms with van der Waals surface area (Å²) in [7, 11) is -3.77. The van der Waals surface area contributed by atoms with Gasteiger partial charge in [-0.1, -0.05) is 35.9 Å². The monoisotopic (exact) mass is 506 g/mol. The number of benzene rings is 3. The molecule has 0 saturated carbocycles. The van der Waals surface area contributed by atoms with Gasteiger partial charge in [0.1, 0.15) is 5.82 Å². The Hall–Kier alpha value is -4.24. The summed E-state index contributed by atoms with van der Waals surface area (Å²) in [5.41, 5.74) is 7.79. The molecule has 0 aliphatic rings. The van der Waals surface area contributed by atoms with Gasteiger partial charge in [0.25, 0.3) is 15.9 Å². The second-order valence-corrected chi connectivity index (χ2v) is 9.83. The minimum atomic E-state index is -3.77. The lowest BCUT2D eigenvalue weighted by Crippen LogP contribution is -2.22. The molecule has 0 spiro atoms. The highest BCUT2D eigenvalue weighted by molar-refractivity contribution is 7.90. The lowest BCUT2D eigenvalue weighted by molar-refractivity contribution is 0.0951. The van der Waals surface area contributed by atoms with Crippen molar-refractivity contribution in [3.63, 3.8) is 0 Å². The highest BCUT2D eigenvalue weighted by Gasteiger charge is 2.19. The van der Waals surface area contributed by atoms with Gasteiger partial charge >= 0.3 is 0 Å². The predicted molar refractivity (Wildman–Crippen MR) is 141 cm³/mol. The van der Waals surface area contributed by atoms with Crippen molar-refractivity contribution in [1.29, 1.82) is 0 Å². The molecule has 4 rings (SSSR count). The number of hydrogen-bond donors (Lipinski definition) is 2. The van der Waals surface area contributed by atoms with Gasteiger partial charge in [0, 0.05) is 29.9 Å². The fraction of sp³-hybridized carbons (Fsp3) is 0.111. The first-order valence-corrected chi connectivity index (χ1v) is 12.5.